The number of aromatic nitrogens is 2. The highest BCUT2D eigenvalue weighted by Crippen LogP contribution is 2.26. The average molecular weight is 216 g/mol. The lowest BCUT2D eigenvalue weighted by Gasteiger charge is -2.12. The highest BCUT2D eigenvalue weighted by atomic mass is 35.5. The zero-order valence-corrected chi connectivity index (χ0v) is 8.20. The SMILES string of the molecule is Nc1c(Cl)ncnc1O[C@@H]1CCOC1. The van der Waals surface area contributed by atoms with Gasteiger partial charge in [-0.15, -0.1) is 0 Å². The monoisotopic (exact) mass is 215 g/mol. The van der Waals surface area contributed by atoms with Crippen LogP contribution in [0.3, 0.4) is 0 Å². The molecule has 2 N–H and O–H groups in total. The first-order chi connectivity index (χ1) is 6.77. The first-order valence-electron chi connectivity index (χ1n) is 4.27. The molecule has 1 aliphatic heterocycles. The van der Waals surface area contributed by atoms with Crippen LogP contribution in [-0.4, -0.2) is 29.3 Å². The molecule has 1 saturated heterocycles. The van der Waals surface area contributed by atoms with Crippen molar-refractivity contribution in [1.82, 2.24) is 9.97 Å². The topological polar surface area (TPSA) is 70.3 Å². The molecular formula is C8H10ClN3O2. The van der Waals surface area contributed by atoms with Crippen molar-refractivity contribution in [2.75, 3.05) is 18.9 Å². The maximum absolute atomic E-state index is 5.71. The Morgan fingerprint density at radius 1 is 1.57 bits per heavy atom. The Balaban J connectivity index is 2.11. The molecule has 1 aromatic heterocycles. The van der Waals surface area contributed by atoms with Gasteiger partial charge in [0.05, 0.1) is 13.2 Å². The molecule has 1 aromatic rings. The van der Waals surface area contributed by atoms with Crippen molar-refractivity contribution in [3.05, 3.63) is 11.5 Å². The molecule has 1 fully saturated rings. The number of nitrogens with two attached hydrogens (primary N) is 1. The van der Waals surface area contributed by atoms with E-state index in [0.29, 0.717) is 19.1 Å². The number of anilines is 1. The molecule has 1 atom stereocenters. The second-order valence-electron chi connectivity index (χ2n) is 2.99. The molecule has 0 radical (unpaired) electrons. The van der Waals surface area contributed by atoms with Crippen molar-refractivity contribution in [2.45, 2.75) is 12.5 Å². The van der Waals surface area contributed by atoms with Crippen LogP contribution in [0.4, 0.5) is 5.69 Å². The van der Waals surface area contributed by atoms with Crippen LogP contribution in [0.2, 0.25) is 5.15 Å². The van der Waals surface area contributed by atoms with Gasteiger partial charge in [-0.2, -0.15) is 4.98 Å². The summed E-state index contributed by atoms with van der Waals surface area (Å²) in [6.07, 6.45) is 2.19. The van der Waals surface area contributed by atoms with Crippen LogP contribution in [0.5, 0.6) is 5.88 Å². The van der Waals surface area contributed by atoms with E-state index in [9.17, 15) is 0 Å². The summed E-state index contributed by atoms with van der Waals surface area (Å²) in [7, 11) is 0. The lowest BCUT2D eigenvalue weighted by Crippen LogP contribution is -2.17. The number of hydrogen-bond donors (Lipinski definition) is 1. The van der Waals surface area contributed by atoms with Gasteiger partial charge < -0.3 is 15.2 Å². The standard InChI is InChI=1S/C8H10ClN3O2/c9-7-6(10)8(12-4-11-7)14-5-1-2-13-3-5/h4-5H,1-3,10H2/t5-/m1/s1. The van der Waals surface area contributed by atoms with E-state index in [0.717, 1.165) is 6.42 Å². The third-order valence-electron chi connectivity index (χ3n) is 1.96. The molecule has 0 unspecified atom stereocenters. The van der Waals surface area contributed by atoms with Gasteiger partial charge in [0.1, 0.15) is 18.1 Å². The molecule has 76 valence electrons. The Morgan fingerprint density at radius 2 is 2.43 bits per heavy atom. The summed E-state index contributed by atoms with van der Waals surface area (Å²) in [5.41, 5.74) is 5.92. The summed E-state index contributed by atoms with van der Waals surface area (Å²) < 4.78 is 10.7. The minimum Gasteiger partial charge on any atom is -0.470 e. The minimum absolute atomic E-state index is 0.0169. The molecular weight excluding hydrogens is 206 g/mol. The number of nitrogen functional groups attached to an aromatic ring is 1. The predicted molar refractivity (Wildman–Crippen MR) is 51.3 cm³/mol. The summed E-state index contributed by atoms with van der Waals surface area (Å²) in [5.74, 6) is 0.334. The fraction of sp³-hybridized carbons (Fsp3) is 0.500. The summed E-state index contributed by atoms with van der Waals surface area (Å²) in [5, 5.41) is 0.217. The molecule has 0 bridgehead atoms. The maximum Gasteiger partial charge on any atom is 0.242 e. The third kappa shape index (κ3) is 1.88. The number of nitrogens with zero attached hydrogens (tertiary/aromatic N) is 2. The van der Waals surface area contributed by atoms with E-state index < -0.39 is 0 Å². The number of rotatable bonds is 2. The Labute approximate surface area is 86.2 Å². The Morgan fingerprint density at radius 3 is 3.14 bits per heavy atom. The molecule has 14 heavy (non-hydrogen) atoms. The van der Waals surface area contributed by atoms with E-state index in [1.54, 1.807) is 0 Å². The second kappa shape index (κ2) is 3.98. The Hall–Kier alpha value is -1.07. The van der Waals surface area contributed by atoms with Gasteiger partial charge in [0, 0.05) is 6.42 Å². The highest BCUT2D eigenvalue weighted by Gasteiger charge is 2.19. The van der Waals surface area contributed by atoms with Crippen molar-refractivity contribution in [1.29, 1.82) is 0 Å². The highest BCUT2D eigenvalue weighted by molar-refractivity contribution is 6.32. The van der Waals surface area contributed by atoms with E-state index in [4.69, 9.17) is 26.8 Å². The molecule has 2 heterocycles. The van der Waals surface area contributed by atoms with Crippen molar-refractivity contribution in [3.63, 3.8) is 0 Å². The molecule has 0 aromatic carbocycles. The van der Waals surface area contributed by atoms with E-state index in [-0.39, 0.29) is 16.9 Å². The van der Waals surface area contributed by atoms with Gasteiger partial charge >= 0.3 is 0 Å². The molecule has 0 amide bonds. The second-order valence-corrected chi connectivity index (χ2v) is 3.34. The van der Waals surface area contributed by atoms with Crippen molar-refractivity contribution in [3.8, 4) is 5.88 Å². The first kappa shape index (κ1) is 9.48. The van der Waals surface area contributed by atoms with Gasteiger partial charge in [-0.05, 0) is 0 Å². The fourth-order valence-corrected chi connectivity index (χ4v) is 1.34. The third-order valence-corrected chi connectivity index (χ3v) is 2.27. The lowest BCUT2D eigenvalue weighted by atomic mass is 10.3. The van der Waals surface area contributed by atoms with Crippen LogP contribution in [-0.2, 0) is 4.74 Å². The number of hydrogen-bond acceptors (Lipinski definition) is 5. The van der Waals surface area contributed by atoms with Gasteiger partial charge in [0.15, 0.2) is 5.15 Å². The van der Waals surface area contributed by atoms with Crippen LogP contribution in [0, 0.1) is 0 Å². The van der Waals surface area contributed by atoms with Gasteiger partial charge in [-0.25, -0.2) is 4.98 Å². The minimum atomic E-state index is 0.0169. The molecule has 0 saturated carbocycles. The van der Waals surface area contributed by atoms with E-state index in [2.05, 4.69) is 9.97 Å². The number of ether oxygens (including phenoxy) is 2. The van der Waals surface area contributed by atoms with Gasteiger partial charge in [-0.3, -0.25) is 0 Å². The van der Waals surface area contributed by atoms with Crippen molar-refractivity contribution >= 4 is 17.3 Å². The quantitative estimate of drug-likeness (QED) is 0.742. The largest absolute Gasteiger partial charge is 0.470 e. The van der Waals surface area contributed by atoms with Crippen molar-refractivity contribution < 1.29 is 9.47 Å². The molecule has 1 aliphatic rings. The normalized spacial score (nSPS) is 21.1. The van der Waals surface area contributed by atoms with Gasteiger partial charge in [0.2, 0.25) is 5.88 Å². The van der Waals surface area contributed by atoms with Crippen LogP contribution in [0.15, 0.2) is 6.33 Å². The molecule has 2 rings (SSSR count). The zero-order chi connectivity index (χ0) is 9.97. The summed E-state index contributed by atoms with van der Waals surface area (Å²) in [6.45, 7) is 1.28. The van der Waals surface area contributed by atoms with E-state index >= 15 is 0 Å². The predicted octanol–water partition coefficient (Wildman–Crippen LogP) is 0.880. The average Bonchev–Trinajstić information content (AvgIpc) is 2.66. The van der Waals surface area contributed by atoms with Gasteiger partial charge in [-0.1, -0.05) is 11.6 Å². The van der Waals surface area contributed by atoms with Crippen LogP contribution in [0.25, 0.3) is 0 Å². The van der Waals surface area contributed by atoms with E-state index in [1.807, 2.05) is 0 Å². The fourth-order valence-electron chi connectivity index (χ4n) is 1.22. The Kier molecular flexibility index (Phi) is 2.69. The van der Waals surface area contributed by atoms with Crippen LogP contribution < -0.4 is 10.5 Å². The maximum atomic E-state index is 5.71. The lowest BCUT2D eigenvalue weighted by molar-refractivity contribution is 0.138. The van der Waals surface area contributed by atoms with Gasteiger partial charge in [0.25, 0.3) is 0 Å². The number of halogens is 1. The molecule has 0 spiro atoms. The summed E-state index contributed by atoms with van der Waals surface area (Å²) >= 11 is 5.71. The molecule has 5 nitrogen and oxygen atoms in total. The molecule has 6 heteroatoms. The Bertz CT molecular complexity index is 328. The van der Waals surface area contributed by atoms with E-state index in [1.165, 1.54) is 6.33 Å². The first-order valence-corrected chi connectivity index (χ1v) is 4.65. The smallest absolute Gasteiger partial charge is 0.242 e. The summed E-state index contributed by atoms with van der Waals surface area (Å²) in [6, 6.07) is 0. The van der Waals surface area contributed by atoms with Crippen molar-refractivity contribution in [2.24, 2.45) is 0 Å². The summed E-state index contributed by atoms with van der Waals surface area (Å²) in [4.78, 5) is 7.64. The van der Waals surface area contributed by atoms with Crippen LogP contribution >= 0.6 is 11.6 Å². The molecule has 0 aliphatic carbocycles. The zero-order valence-electron chi connectivity index (χ0n) is 7.44. The van der Waals surface area contributed by atoms with Crippen LogP contribution in [0.1, 0.15) is 6.42 Å².